The first-order valence-corrected chi connectivity index (χ1v) is 11.2. The summed E-state index contributed by atoms with van der Waals surface area (Å²) in [6.07, 6.45) is 4.80. The molecule has 33 heavy (non-hydrogen) atoms. The van der Waals surface area contributed by atoms with Crippen LogP contribution in [0, 0.1) is 6.92 Å². The minimum atomic E-state index is -0.0769. The summed E-state index contributed by atoms with van der Waals surface area (Å²) < 4.78 is 5.91. The van der Waals surface area contributed by atoms with Crippen molar-refractivity contribution in [3.8, 4) is 23.0 Å². The Labute approximate surface area is 193 Å². The lowest BCUT2D eigenvalue weighted by Gasteiger charge is -2.26. The van der Waals surface area contributed by atoms with E-state index in [1.165, 1.54) is 16.7 Å². The minimum Gasteiger partial charge on any atom is -0.439 e. The molecule has 164 valence electrons. The fraction of sp³-hybridized carbons (Fsp3) is 0.179. The van der Waals surface area contributed by atoms with Crippen LogP contribution < -0.4 is 10.1 Å². The summed E-state index contributed by atoms with van der Waals surface area (Å²) in [5.74, 6) is 1.60. The molecule has 0 radical (unpaired) electrons. The number of nitrogens with one attached hydrogen (secondary N) is 1. The molecule has 0 fully saturated rings. The fourth-order valence-corrected chi connectivity index (χ4v) is 4.18. The summed E-state index contributed by atoms with van der Waals surface area (Å²) in [4.78, 5) is 21.7. The molecule has 0 spiro atoms. The Morgan fingerprint density at radius 3 is 2.58 bits per heavy atom. The van der Waals surface area contributed by atoms with Gasteiger partial charge in [-0.25, -0.2) is 4.98 Å². The predicted molar refractivity (Wildman–Crippen MR) is 128 cm³/mol. The van der Waals surface area contributed by atoms with Crippen molar-refractivity contribution in [1.29, 1.82) is 0 Å². The van der Waals surface area contributed by atoms with E-state index in [0.29, 0.717) is 23.0 Å². The molecule has 1 aliphatic rings. The normalized spacial score (nSPS) is 14.9. The average Bonchev–Trinajstić information content (AvgIpc) is 2.85. The summed E-state index contributed by atoms with van der Waals surface area (Å²) in [7, 11) is 0. The number of amides is 1. The molecule has 1 atom stereocenters. The molecule has 1 unspecified atom stereocenters. The van der Waals surface area contributed by atoms with Crippen LogP contribution in [0.25, 0.3) is 11.4 Å². The molecule has 0 saturated carbocycles. The summed E-state index contributed by atoms with van der Waals surface area (Å²) in [5, 5.41) is 3.19. The van der Waals surface area contributed by atoms with E-state index in [1.807, 2.05) is 37.3 Å². The zero-order chi connectivity index (χ0) is 22.6. The van der Waals surface area contributed by atoms with Crippen LogP contribution in [0.4, 0.5) is 0 Å². The SMILES string of the molecule is Cc1ccc(-c2nccc(Oc3ccc(C(=O)NC4CCCc5ccccc54)cc3)n2)cc1. The third kappa shape index (κ3) is 4.77. The topological polar surface area (TPSA) is 64.1 Å². The maximum absolute atomic E-state index is 12.8. The molecule has 0 aliphatic heterocycles. The summed E-state index contributed by atoms with van der Waals surface area (Å²) in [5.41, 5.74) is 5.27. The first-order valence-electron chi connectivity index (χ1n) is 11.2. The number of nitrogens with zero attached hydrogens (tertiary/aromatic N) is 2. The van der Waals surface area contributed by atoms with E-state index in [1.54, 1.807) is 36.5 Å². The first kappa shape index (κ1) is 20.9. The van der Waals surface area contributed by atoms with E-state index in [-0.39, 0.29) is 11.9 Å². The zero-order valence-electron chi connectivity index (χ0n) is 18.5. The number of carbonyl (C=O) groups is 1. The number of rotatable bonds is 5. The number of ether oxygens (including phenoxy) is 1. The molecule has 0 bridgehead atoms. The Morgan fingerprint density at radius 1 is 0.970 bits per heavy atom. The van der Waals surface area contributed by atoms with Crippen molar-refractivity contribution < 1.29 is 9.53 Å². The number of fused-ring (bicyclic) bond motifs is 1. The smallest absolute Gasteiger partial charge is 0.251 e. The van der Waals surface area contributed by atoms with Gasteiger partial charge < -0.3 is 10.1 Å². The maximum atomic E-state index is 12.8. The van der Waals surface area contributed by atoms with Crippen LogP contribution in [0.3, 0.4) is 0 Å². The van der Waals surface area contributed by atoms with Gasteiger partial charge in [0.05, 0.1) is 6.04 Å². The van der Waals surface area contributed by atoms with E-state index in [9.17, 15) is 4.79 Å². The van der Waals surface area contributed by atoms with Crippen LogP contribution in [-0.2, 0) is 6.42 Å². The molecule has 1 N–H and O–H groups in total. The second kappa shape index (κ2) is 9.25. The van der Waals surface area contributed by atoms with Crippen LogP contribution in [0.5, 0.6) is 11.6 Å². The van der Waals surface area contributed by atoms with Crippen LogP contribution >= 0.6 is 0 Å². The minimum absolute atomic E-state index is 0.0552. The van der Waals surface area contributed by atoms with Crippen molar-refractivity contribution in [2.75, 3.05) is 0 Å². The van der Waals surface area contributed by atoms with Gasteiger partial charge in [-0.1, -0.05) is 54.1 Å². The molecule has 5 nitrogen and oxygen atoms in total. The summed E-state index contributed by atoms with van der Waals surface area (Å²) >= 11 is 0. The molecule has 0 saturated heterocycles. The van der Waals surface area contributed by atoms with Crippen molar-refractivity contribution >= 4 is 5.91 Å². The van der Waals surface area contributed by atoms with E-state index < -0.39 is 0 Å². The van der Waals surface area contributed by atoms with E-state index >= 15 is 0 Å². The highest BCUT2D eigenvalue weighted by Crippen LogP contribution is 2.30. The third-order valence-corrected chi connectivity index (χ3v) is 5.95. The fourth-order valence-electron chi connectivity index (χ4n) is 4.18. The summed E-state index contributed by atoms with van der Waals surface area (Å²) in [6.45, 7) is 2.04. The lowest BCUT2D eigenvalue weighted by Crippen LogP contribution is -2.30. The van der Waals surface area contributed by atoms with Gasteiger partial charge in [0.15, 0.2) is 5.82 Å². The maximum Gasteiger partial charge on any atom is 0.251 e. The number of aryl methyl sites for hydroxylation is 2. The Morgan fingerprint density at radius 2 is 1.76 bits per heavy atom. The monoisotopic (exact) mass is 435 g/mol. The number of benzene rings is 3. The van der Waals surface area contributed by atoms with Gasteiger partial charge in [-0.2, -0.15) is 4.98 Å². The van der Waals surface area contributed by atoms with Crippen molar-refractivity contribution in [3.63, 3.8) is 0 Å². The Kier molecular flexibility index (Phi) is 5.85. The van der Waals surface area contributed by atoms with Crippen LogP contribution in [0.15, 0.2) is 85.1 Å². The lowest BCUT2D eigenvalue weighted by molar-refractivity contribution is 0.0932. The largest absolute Gasteiger partial charge is 0.439 e. The lowest BCUT2D eigenvalue weighted by atomic mass is 9.87. The van der Waals surface area contributed by atoms with Gasteiger partial charge in [-0.3, -0.25) is 4.79 Å². The molecular formula is C28H25N3O2. The highest BCUT2D eigenvalue weighted by atomic mass is 16.5. The number of hydrogen-bond donors (Lipinski definition) is 1. The van der Waals surface area contributed by atoms with Gasteiger partial charge in [0.25, 0.3) is 5.91 Å². The van der Waals surface area contributed by atoms with Gasteiger partial charge in [0.2, 0.25) is 5.88 Å². The van der Waals surface area contributed by atoms with Crippen LogP contribution in [0.2, 0.25) is 0 Å². The molecule has 1 heterocycles. The highest BCUT2D eigenvalue weighted by Gasteiger charge is 2.21. The van der Waals surface area contributed by atoms with Crippen LogP contribution in [-0.4, -0.2) is 15.9 Å². The second-order valence-corrected chi connectivity index (χ2v) is 8.33. The standard InChI is InChI=1S/C28H25N3O2/c1-19-9-11-21(12-10-19)27-29-18-17-26(31-27)33-23-15-13-22(14-16-23)28(32)30-25-8-4-6-20-5-2-3-7-24(20)25/h2-3,5,7,9-18,25H,4,6,8H2,1H3,(H,30,32). The third-order valence-electron chi connectivity index (χ3n) is 5.95. The molecule has 1 aliphatic carbocycles. The molecular weight excluding hydrogens is 410 g/mol. The first-order chi connectivity index (χ1) is 16.2. The van der Waals surface area contributed by atoms with Gasteiger partial charge >= 0.3 is 0 Å². The Bertz CT molecular complexity index is 1270. The van der Waals surface area contributed by atoms with Crippen molar-refractivity contribution in [2.24, 2.45) is 0 Å². The number of carbonyl (C=O) groups excluding carboxylic acids is 1. The summed E-state index contributed by atoms with van der Waals surface area (Å²) in [6, 6.07) is 25.3. The Balaban J connectivity index is 1.26. The molecule has 1 amide bonds. The average molecular weight is 436 g/mol. The Hall–Kier alpha value is -3.99. The molecule has 5 heteroatoms. The van der Waals surface area contributed by atoms with Gasteiger partial charge in [0.1, 0.15) is 5.75 Å². The van der Waals surface area contributed by atoms with Gasteiger partial charge in [0, 0.05) is 23.4 Å². The van der Waals surface area contributed by atoms with E-state index in [0.717, 1.165) is 24.8 Å². The van der Waals surface area contributed by atoms with Gasteiger partial charge in [-0.05, 0) is 61.6 Å². The molecule has 1 aromatic heterocycles. The predicted octanol–water partition coefficient (Wildman–Crippen LogP) is 6.05. The quantitative estimate of drug-likeness (QED) is 0.414. The number of hydrogen-bond acceptors (Lipinski definition) is 4. The van der Waals surface area contributed by atoms with Crippen molar-refractivity contribution in [2.45, 2.75) is 32.2 Å². The zero-order valence-corrected chi connectivity index (χ0v) is 18.5. The number of aromatic nitrogens is 2. The molecule has 4 aromatic rings. The van der Waals surface area contributed by atoms with E-state index in [4.69, 9.17) is 4.74 Å². The van der Waals surface area contributed by atoms with E-state index in [2.05, 4.69) is 33.5 Å². The van der Waals surface area contributed by atoms with Crippen LogP contribution in [0.1, 0.15) is 45.9 Å². The second-order valence-electron chi connectivity index (χ2n) is 8.33. The van der Waals surface area contributed by atoms with Crippen molar-refractivity contribution in [1.82, 2.24) is 15.3 Å². The molecule has 3 aromatic carbocycles. The molecule has 5 rings (SSSR count). The van der Waals surface area contributed by atoms with Gasteiger partial charge in [-0.15, -0.1) is 0 Å². The highest BCUT2D eigenvalue weighted by molar-refractivity contribution is 5.94. The van der Waals surface area contributed by atoms with Crippen molar-refractivity contribution in [3.05, 3.63) is 107 Å².